The molecule has 0 N–H and O–H groups in total. The Bertz CT molecular complexity index is 416. The van der Waals surface area contributed by atoms with E-state index in [4.69, 9.17) is 9.47 Å². The number of carbonyl (C=O) groups is 2. The van der Waals surface area contributed by atoms with Gasteiger partial charge in [0, 0.05) is 37.5 Å². The molecule has 0 radical (unpaired) electrons. The van der Waals surface area contributed by atoms with Gasteiger partial charge in [-0.05, 0) is 0 Å². The number of hydrogen-bond acceptors (Lipinski definition) is 8. The first-order valence-corrected chi connectivity index (χ1v) is 6.49. The third-order valence-electron chi connectivity index (χ3n) is 2.69. The minimum atomic E-state index is -1.41. The van der Waals surface area contributed by atoms with Gasteiger partial charge in [-0.15, -0.1) is 0 Å². The van der Waals surface area contributed by atoms with Gasteiger partial charge in [0.1, 0.15) is 0 Å². The molecule has 0 fully saturated rings. The van der Waals surface area contributed by atoms with E-state index in [9.17, 15) is 29.8 Å². The standard InChI is InChI=1S/C12H20N2O8/c1-11(2,13(17)18)7-21-9(15)5-6-10(16)22-8-12(3,4)14(19)20/h5-8H2,1-4H3. The van der Waals surface area contributed by atoms with Crippen molar-refractivity contribution in [3.05, 3.63) is 20.2 Å². The third-order valence-corrected chi connectivity index (χ3v) is 2.69. The molecule has 0 rings (SSSR count). The highest BCUT2D eigenvalue weighted by atomic mass is 16.6. The fourth-order valence-corrected chi connectivity index (χ4v) is 0.968. The van der Waals surface area contributed by atoms with Crippen LogP contribution in [-0.4, -0.2) is 46.1 Å². The second-order valence-corrected chi connectivity index (χ2v) is 5.96. The van der Waals surface area contributed by atoms with Crippen LogP contribution in [0.2, 0.25) is 0 Å². The second-order valence-electron chi connectivity index (χ2n) is 5.96. The minimum absolute atomic E-state index is 0.314. The predicted molar refractivity (Wildman–Crippen MR) is 73.3 cm³/mol. The first-order valence-electron chi connectivity index (χ1n) is 6.49. The normalized spacial score (nSPS) is 11.6. The van der Waals surface area contributed by atoms with Crippen LogP contribution in [0.15, 0.2) is 0 Å². The zero-order valence-corrected chi connectivity index (χ0v) is 13.0. The Kier molecular flexibility index (Phi) is 6.88. The fraction of sp³-hybridized carbons (Fsp3) is 0.833. The summed E-state index contributed by atoms with van der Waals surface area (Å²) in [7, 11) is 0. The zero-order valence-electron chi connectivity index (χ0n) is 13.0. The van der Waals surface area contributed by atoms with Gasteiger partial charge in [-0.25, -0.2) is 0 Å². The van der Waals surface area contributed by atoms with E-state index < -0.39 is 46.1 Å². The van der Waals surface area contributed by atoms with Crippen molar-refractivity contribution in [3.63, 3.8) is 0 Å². The maximum atomic E-state index is 11.4. The SMILES string of the molecule is CC(C)(COC(=O)CCC(=O)OCC(C)(C)[N+](=O)[O-])[N+](=O)[O-]. The molecule has 126 valence electrons. The highest BCUT2D eigenvalue weighted by Gasteiger charge is 2.33. The lowest BCUT2D eigenvalue weighted by molar-refractivity contribution is -0.563. The molecule has 10 heteroatoms. The lowest BCUT2D eigenvalue weighted by atomic mass is 10.1. The molecule has 0 saturated carbocycles. The lowest BCUT2D eigenvalue weighted by Gasteiger charge is -2.16. The van der Waals surface area contributed by atoms with Gasteiger partial charge in [0.2, 0.25) is 11.1 Å². The monoisotopic (exact) mass is 320 g/mol. The molecule has 0 unspecified atom stereocenters. The first-order chi connectivity index (χ1) is 9.88. The molecule has 0 saturated heterocycles. The van der Waals surface area contributed by atoms with E-state index >= 15 is 0 Å². The summed E-state index contributed by atoms with van der Waals surface area (Å²) in [6, 6.07) is 0. The van der Waals surface area contributed by atoms with E-state index in [0.717, 1.165) is 0 Å². The van der Waals surface area contributed by atoms with Crippen molar-refractivity contribution in [1.82, 2.24) is 0 Å². The number of esters is 2. The van der Waals surface area contributed by atoms with Gasteiger partial charge in [-0.3, -0.25) is 29.8 Å². The summed E-state index contributed by atoms with van der Waals surface area (Å²) in [4.78, 5) is 42.8. The quantitative estimate of drug-likeness (QED) is 0.348. The summed E-state index contributed by atoms with van der Waals surface area (Å²) in [5.41, 5.74) is -2.82. The average molecular weight is 320 g/mol. The molecule has 0 atom stereocenters. The largest absolute Gasteiger partial charge is 0.458 e. The van der Waals surface area contributed by atoms with E-state index in [2.05, 4.69) is 0 Å². The van der Waals surface area contributed by atoms with Crippen molar-refractivity contribution >= 4 is 11.9 Å². The Morgan fingerprint density at radius 3 is 1.32 bits per heavy atom. The molecule has 0 aliphatic carbocycles. The molecule has 0 amide bonds. The molecule has 0 aliphatic heterocycles. The summed E-state index contributed by atoms with van der Waals surface area (Å²) in [5.74, 6) is -1.55. The second kappa shape index (κ2) is 7.66. The lowest BCUT2D eigenvalue weighted by Crippen LogP contribution is -2.37. The molecular weight excluding hydrogens is 300 g/mol. The van der Waals surface area contributed by atoms with Crippen LogP contribution in [0, 0.1) is 20.2 Å². The Hall–Kier alpha value is -2.26. The van der Waals surface area contributed by atoms with Gasteiger partial charge in [-0.2, -0.15) is 0 Å². The van der Waals surface area contributed by atoms with Crippen LogP contribution < -0.4 is 0 Å². The van der Waals surface area contributed by atoms with Gasteiger partial charge < -0.3 is 9.47 Å². The third kappa shape index (κ3) is 6.95. The van der Waals surface area contributed by atoms with E-state index in [-0.39, 0.29) is 12.8 Å². The van der Waals surface area contributed by atoms with Gasteiger partial charge in [0.05, 0.1) is 12.8 Å². The smallest absolute Gasteiger partial charge is 0.306 e. The molecule has 0 aromatic carbocycles. The van der Waals surface area contributed by atoms with Crippen molar-refractivity contribution in [2.75, 3.05) is 13.2 Å². The molecular formula is C12H20N2O8. The Morgan fingerprint density at radius 1 is 0.818 bits per heavy atom. The molecule has 0 heterocycles. The number of ether oxygens (including phenoxy) is 2. The highest BCUT2D eigenvalue weighted by molar-refractivity contribution is 5.77. The number of carbonyl (C=O) groups excluding carboxylic acids is 2. The Labute approximate surface area is 127 Å². The fourth-order valence-electron chi connectivity index (χ4n) is 0.968. The molecule has 0 bridgehead atoms. The van der Waals surface area contributed by atoms with E-state index in [0.29, 0.717) is 0 Å². The van der Waals surface area contributed by atoms with Gasteiger partial charge in [-0.1, -0.05) is 0 Å². The van der Waals surface area contributed by atoms with Crippen molar-refractivity contribution in [1.29, 1.82) is 0 Å². The molecule has 0 spiro atoms. The number of hydrogen-bond donors (Lipinski definition) is 0. The Balaban J connectivity index is 4.09. The molecule has 0 aliphatic rings. The van der Waals surface area contributed by atoms with Crippen molar-refractivity contribution in [3.8, 4) is 0 Å². The van der Waals surface area contributed by atoms with Crippen molar-refractivity contribution in [2.24, 2.45) is 0 Å². The topological polar surface area (TPSA) is 139 Å². The summed E-state index contributed by atoms with van der Waals surface area (Å²) in [5, 5.41) is 21.2. The maximum absolute atomic E-state index is 11.4. The summed E-state index contributed by atoms with van der Waals surface area (Å²) in [6.45, 7) is 4.37. The summed E-state index contributed by atoms with van der Waals surface area (Å²) in [6.07, 6.45) is -0.628. The first kappa shape index (κ1) is 19.7. The molecule has 0 aromatic heterocycles. The van der Waals surface area contributed by atoms with Crippen molar-refractivity contribution in [2.45, 2.75) is 51.6 Å². The van der Waals surface area contributed by atoms with E-state index in [1.807, 2.05) is 0 Å². The van der Waals surface area contributed by atoms with Crippen LogP contribution in [0.3, 0.4) is 0 Å². The van der Waals surface area contributed by atoms with Crippen LogP contribution in [0.5, 0.6) is 0 Å². The van der Waals surface area contributed by atoms with Gasteiger partial charge >= 0.3 is 11.9 Å². The number of rotatable bonds is 9. The average Bonchev–Trinajstić information content (AvgIpc) is 2.40. The highest BCUT2D eigenvalue weighted by Crippen LogP contribution is 2.10. The predicted octanol–water partition coefficient (Wildman–Crippen LogP) is 0.964. The molecule has 10 nitrogen and oxygen atoms in total. The maximum Gasteiger partial charge on any atom is 0.306 e. The molecule has 22 heavy (non-hydrogen) atoms. The van der Waals surface area contributed by atoms with Crippen LogP contribution in [0.25, 0.3) is 0 Å². The van der Waals surface area contributed by atoms with Crippen LogP contribution in [0.1, 0.15) is 40.5 Å². The summed E-state index contributed by atoms with van der Waals surface area (Å²) < 4.78 is 9.41. The minimum Gasteiger partial charge on any atom is -0.458 e. The number of nitro groups is 2. The van der Waals surface area contributed by atoms with Crippen LogP contribution in [-0.2, 0) is 19.1 Å². The van der Waals surface area contributed by atoms with E-state index in [1.54, 1.807) is 0 Å². The number of nitrogens with zero attached hydrogens (tertiary/aromatic N) is 2. The van der Waals surface area contributed by atoms with Gasteiger partial charge in [0.25, 0.3) is 0 Å². The zero-order chi connectivity index (χ0) is 17.6. The van der Waals surface area contributed by atoms with Crippen molar-refractivity contribution < 1.29 is 28.9 Å². The van der Waals surface area contributed by atoms with Crippen LogP contribution >= 0.6 is 0 Å². The van der Waals surface area contributed by atoms with Crippen LogP contribution in [0.4, 0.5) is 0 Å². The van der Waals surface area contributed by atoms with Gasteiger partial charge in [0.15, 0.2) is 13.2 Å². The summed E-state index contributed by atoms with van der Waals surface area (Å²) >= 11 is 0. The Morgan fingerprint density at radius 2 is 1.09 bits per heavy atom. The molecule has 0 aromatic rings. The van der Waals surface area contributed by atoms with E-state index in [1.165, 1.54) is 27.7 Å².